The van der Waals surface area contributed by atoms with Crippen molar-refractivity contribution in [3.63, 3.8) is 0 Å². The van der Waals surface area contributed by atoms with Crippen molar-refractivity contribution in [3.05, 3.63) is 34.9 Å². The van der Waals surface area contributed by atoms with Gasteiger partial charge < -0.3 is 10.2 Å². The van der Waals surface area contributed by atoms with Crippen LogP contribution in [-0.4, -0.2) is 35.8 Å². The Bertz CT molecular complexity index is 560. The number of hydrogen-bond donors (Lipinski definition) is 1. The first kappa shape index (κ1) is 14.4. The van der Waals surface area contributed by atoms with E-state index >= 15 is 0 Å². The van der Waals surface area contributed by atoms with Crippen LogP contribution < -0.4 is 5.32 Å². The molecule has 2 amide bonds. The van der Waals surface area contributed by atoms with Gasteiger partial charge in [-0.2, -0.15) is 0 Å². The summed E-state index contributed by atoms with van der Waals surface area (Å²) in [7, 11) is 0. The molecule has 1 N–H and O–H groups in total. The molecule has 1 fully saturated rings. The molecule has 0 saturated carbocycles. The maximum atomic E-state index is 13.8. The van der Waals surface area contributed by atoms with Gasteiger partial charge in [-0.05, 0) is 25.0 Å². The van der Waals surface area contributed by atoms with E-state index in [2.05, 4.69) is 5.32 Å². The second-order valence-corrected chi connectivity index (χ2v) is 4.79. The van der Waals surface area contributed by atoms with Crippen LogP contribution in [0.5, 0.6) is 0 Å². The third kappa shape index (κ3) is 2.50. The highest BCUT2D eigenvalue weighted by atomic mass is 19.1. The van der Waals surface area contributed by atoms with Gasteiger partial charge in [-0.3, -0.25) is 9.59 Å². The summed E-state index contributed by atoms with van der Waals surface area (Å²) < 4.78 is 27.0. The standard InChI is InChI=1S/C14H16F2N2O2/c1-3-12-13(19)17-4-5-18(12)14(20)9-6-8(2)10(15)7-11(9)16/h6-7,12H,3-5H2,1-2H3,(H,17,19). The van der Waals surface area contributed by atoms with Gasteiger partial charge in [0.25, 0.3) is 5.91 Å². The fraction of sp³-hybridized carbons (Fsp3) is 0.429. The van der Waals surface area contributed by atoms with Gasteiger partial charge in [0, 0.05) is 19.2 Å². The Morgan fingerprint density at radius 3 is 2.75 bits per heavy atom. The number of carbonyl (C=O) groups is 2. The van der Waals surface area contributed by atoms with Crippen molar-refractivity contribution in [2.24, 2.45) is 0 Å². The lowest BCUT2D eigenvalue weighted by atomic mass is 10.1. The van der Waals surface area contributed by atoms with E-state index in [1.54, 1.807) is 6.92 Å². The van der Waals surface area contributed by atoms with Crippen LogP contribution in [0.3, 0.4) is 0 Å². The van der Waals surface area contributed by atoms with Crippen molar-refractivity contribution in [3.8, 4) is 0 Å². The van der Waals surface area contributed by atoms with Crippen LogP contribution in [-0.2, 0) is 4.79 Å². The van der Waals surface area contributed by atoms with Crippen molar-refractivity contribution < 1.29 is 18.4 Å². The van der Waals surface area contributed by atoms with Crippen LogP contribution in [0.4, 0.5) is 8.78 Å². The van der Waals surface area contributed by atoms with E-state index < -0.39 is 23.6 Å². The quantitative estimate of drug-likeness (QED) is 0.896. The van der Waals surface area contributed by atoms with Crippen LogP contribution in [0.25, 0.3) is 0 Å². The molecule has 0 aliphatic carbocycles. The van der Waals surface area contributed by atoms with Gasteiger partial charge in [-0.1, -0.05) is 6.92 Å². The van der Waals surface area contributed by atoms with Gasteiger partial charge in [-0.25, -0.2) is 8.78 Å². The molecule has 1 aromatic carbocycles. The molecular formula is C14H16F2N2O2. The first-order chi connectivity index (χ1) is 9.45. The van der Waals surface area contributed by atoms with Gasteiger partial charge in [0.1, 0.15) is 17.7 Å². The Hall–Kier alpha value is -1.98. The molecular weight excluding hydrogens is 266 g/mol. The number of nitrogens with zero attached hydrogens (tertiary/aromatic N) is 1. The summed E-state index contributed by atoms with van der Waals surface area (Å²) in [6.45, 7) is 3.90. The molecule has 0 aromatic heterocycles. The summed E-state index contributed by atoms with van der Waals surface area (Å²) in [5.74, 6) is -2.42. The zero-order chi connectivity index (χ0) is 14.9. The van der Waals surface area contributed by atoms with Gasteiger partial charge >= 0.3 is 0 Å². The molecule has 1 unspecified atom stereocenters. The Morgan fingerprint density at radius 2 is 2.10 bits per heavy atom. The first-order valence-corrected chi connectivity index (χ1v) is 6.50. The molecule has 1 aromatic rings. The Kier molecular flexibility index (Phi) is 4.01. The highest BCUT2D eigenvalue weighted by Gasteiger charge is 2.33. The summed E-state index contributed by atoms with van der Waals surface area (Å²) in [6, 6.07) is 1.28. The Labute approximate surface area is 115 Å². The van der Waals surface area contributed by atoms with Gasteiger partial charge in [0.05, 0.1) is 5.56 Å². The molecule has 0 radical (unpaired) electrons. The molecule has 1 aliphatic heterocycles. The Balaban J connectivity index is 2.35. The molecule has 0 bridgehead atoms. The second kappa shape index (κ2) is 5.56. The monoisotopic (exact) mass is 282 g/mol. The Morgan fingerprint density at radius 1 is 1.40 bits per heavy atom. The number of benzene rings is 1. The SMILES string of the molecule is CCC1C(=O)NCCN1C(=O)c1cc(C)c(F)cc1F. The minimum Gasteiger partial charge on any atom is -0.353 e. The predicted octanol–water partition coefficient (Wildman–Crippen LogP) is 1.62. The number of aryl methyl sites for hydroxylation is 1. The van der Waals surface area contributed by atoms with Crippen molar-refractivity contribution in [1.82, 2.24) is 10.2 Å². The summed E-state index contributed by atoms with van der Waals surface area (Å²) >= 11 is 0. The topological polar surface area (TPSA) is 49.4 Å². The fourth-order valence-electron chi connectivity index (χ4n) is 2.34. The third-order valence-corrected chi connectivity index (χ3v) is 3.46. The highest BCUT2D eigenvalue weighted by Crippen LogP contribution is 2.19. The van der Waals surface area contributed by atoms with Crippen LogP contribution in [0.15, 0.2) is 12.1 Å². The van der Waals surface area contributed by atoms with Crippen molar-refractivity contribution in [2.75, 3.05) is 13.1 Å². The minimum absolute atomic E-state index is 0.197. The number of hydrogen-bond acceptors (Lipinski definition) is 2. The van der Waals surface area contributed by atoms with Crippen LogP contribution in [0.2, 0.25) is 0 Å². The molecule has 20 heavy (non-hydrogen) atoms. The number of amides is 2. The smallest absolute Gasteiger partial charge is 0.257 e. The van der Waals surface area contributed by atoms with E-state index in [0.717, 1.165) is 0 Å². The van der Waals surface area contributed by atoms with Crippen molar-refractivity contribution in [1.29, 1.82) is 0 Å². The normalized spacial score (nSPS) is 18.9. The van der Waals surface area contributed by atoms with E-state index in [1.165, 1.54) is 17.9 Å². The van der Waals surface area contributed by atoms with E-state index in [1.807, 2.05) is 0 Å². The largest absolute Gasteiger partial charge is 0.353 e. The minimum atomic E-state index is -0.904. The third-order valence-electron chi connectivity index (χ3n) is 3.46. The summed E-state index contributed by atoms with van der Waals surface area (Å²) in [5, 5.41) is 2.67. The molecule has 2 rings (SSSR count). The highest BCUT2D eigenvalue weighted by molar-refractivity contribution is 5.98. The number of halogens is 2. The maximum absolute atomic E-state index is 13.8. The summed E-state index contributed by atoms with van der Waals surface area (Å²) in [6.07, 6.45) is 0.444. The maximum Gasteiger partial charge on any atom is 0.257 e. The van der Waals surface area contributed by atoms with Gasteiger partial charge in [0.15, 0.2) is 0 Å². The van der Waals surface area contributed by atoms with E-state index in [0.29, 0.717) is 25.6 Å². The summed E-state index contributed by atoms with van der Waals surface area (Å²) in [4.78, 5) is 25.4. The zero-order valence-electron chi connectivity index (χ0n) is 11.4. The molecule has 1 saturated heterocycles. The summed E-state index contributed by atoms with van der Waals surface area (Å²) in [5.41, 5.74) is 0.00121. The van der Waals surface area contributed by atoms with Crippen LogP contribution >= 0.6 is 0 Å². The lowest BCUT2D eigenvalue weighted by Gasteiger charge is -2.34. The molecule has 4 nitrogen and oxygen atoms in total. The fourth-order valence-corrected chi connectivity index (χ4v) is 2.34. The average Bonchev–Trinajstić information content (AvgIpc) is 2.41. The molecule has 1 heterocycles. The average molecular weight is 282 g/mol. The molecule has 1 aliphatic rings. The van der Waals surface area contributed by atoms with Crippen molar-refractivity contribution in [2.45, 2.75) is 26.3 Å². The number of carbonyl (C=O) groups excluding carboxylic acids is 2. The van der Waals surface area contributed by atoms with E-state index in [9.17, 15) is 18.4 Å². The predicted molar refractivity (Wildman–Crippen MR) is 69.2 cm³/mol. The second-order valence-electron chi connectivity index (χ2n) is 4.79. The van der Waals surface area contributed by atoms with Crippen LogP contribution in [0.1, 0.15) is 29.3 Å². The van der Waals surface area contributed by atoms with Crippen molar-refractivity contribution >= 4 is 11.8 Å². The molecule has 1 atom stereocenters. The zero-order valence-corrected chi connectivity index (χ0v) is 11.4. The van der Waals surface area contributed by atoms with Gasteiger partial charge in [-0.15, -0.1) is 0 Å². The number of nitrogens with one attached hydrogen (secondary N) is 1. The molecule has 0 spiro atoms. The number of rotatable bonds is 2. The number of piperazine rings is 1. The lowest BCUT2D eigenvalue weighted by Crippen LogP contribution is -2.57. The lowest BCUT2D eigenvalue weighted by molar-refractivity contribution is -0.127. The first-order valence-electron chi connectivity index (χ1n) is 6.50. The molecule has 108 valence electrons. The van der Waals surface area contributed by atoms with Gasteiger partial charge in [0.2, 0.25) is 5.91 Å². The van der Waals surface area contributed by atoms with Crippen LogP contribution in [0, 0.1) is 18.6 Å². The van der Waals surface area contributed by atoms with E-state index in [4.69, 9.17) is 0 Å². The van der Waals surface area contributed by atoms with E-state index in [-0.39, 0.29) is 17.0 Å². The molecule has 6 heteroatoms.